The van der Waals surface area contributed by atoms with Crippen molar-refractivity contribution in [3.63, 3.8) is 0 Å². The van der Waals surface area contributed by atoms with Gasteiger partial charge in [0.15, 0.2) is 0 Å². The average molecular weight is 1000 g/mol. The molecule has 4 rings (SSSR count). The highest BCUT2D eigenvalue weighted by Crippen LogP contribution is 2.16. The third-order valence-corrected chi connectivity index (χ3v) is 7.67. The maximum atomic E-state index is 11.5. The third kappa shape index (κ3) is 30.0. The number of nitrogen functional groups attached to an aromatic ring is 1. The first-order valence-electron chi connectivity index (χ1n) is 16.2. The molecule has 4 aromatic rings. The molecule has 0 aromatic heterocycles. The number of hydrogen-bond donors (Lipinski definition) is 9. The van der Waals surface area contributed by atoms with E-state index in [9.17, 15) is 24.0 Å². The summed E-state index contributed by atoms with van der Waals surface area (Å²) in [6.45, 7) is 8.59. The number of amides is 3. The summed E-state index contributed by atoms with van der Waals surface area (Å²) in [6, 6.07) is 30.1. The third-order valence-electron chi connectivity index (χ3n) is 6.08. The maximum Gasteiger partial charge on any atom is 0.417 e. The Kier molecular flexibility index (Phi) is 30.3. The van der Waals surface area contributed by atoms with Crippen molar-refractivity contribution in [2.75, 3.05) is 16.4 Å². The monoisotopic (exact) mass is 1000 g/mol. The number of anilines is 3. The number of carbonyl (C=O) groups excluding carboxylic acids is 2. The number of nitrogens with one attached hydrogen (secondary N) is 3. The molecule has 0 bridgehead atoms. The molecular weight excluding hydrogens is 957 g/mol. The first-order valence-corrected chi connectivity index (χ1v) is 18.5. The van der Waals surface area contributed by atoms with Gasteiger partial charge in [-0.3, -0.25) is 14.9 Å². The number of aliphatic carboxylic acids is 3. The lowest BCUT2D eigenvalue weighted by Gasteiger charge is -2.21. The van der Waals surface area contributed by atoms with E-state index in [1.807, 2.05) is 54.6 Å². The molecule has 0 aliphatic heterocycles. The van der Waals surface area contributed by atoms with Crippen LogP contribution in [0.5, 0.6) is 5.75 Å². The topological polar surface area (TPSA) is 269 Å². The van der Waals surface area contributed by atoms with Crippen molar-refractivity contribution in [2.45, 2.75) is 58.2 Å². The van der Waals surface area contributed by atoms with E-state index in [1.54, 1.807) is 48.5 Å². The average Bonchev–Trinajstić information content (AvgIpc) is 3.08. The second kappa shape index (κ2) is 29.4. The highest BCUT2D eigenvalue weighted by Gasteiger charge is 2.28. The van der Waals surface area contributed by atoms with Gasteiger partial charge in [-0.1, -0.05) is 66.0 Å². The smallest absolute Gasteiger partial charge is 0.417 e. The summed E-state index contributed by atoms with van der Waals surface area (Å²) in [5.74, 6) is -2.54. The van der Waals surface area contributed by atoms with Crippen LogP contribution in [-0.2, 0) is 14.4 Å². The van der Waals surface area contributed by atoms with Gasteiger partial charge >= 0.3 is 30.0 Å². The fraction of sp³-hybridized carbons (Fsp3) is 0.237. The zero-order valence-electron chi connectivity index (χ0n) is 33.2. The SMILES string of the molecule is CC(C)(N)C(=O)O.CC(C)(N)C(=O)O.CC(C)(NC(=O)Nc1ccc(Br)cc1)C(=O)O.Nc1ccc(Br)cc1.O=C(Nc1ccc(Br)cc1)Oc1ccccc1.[B].[B].[B]. The molecule has 9 radical (unpaired) electrons. The normalized spacial score (nSPS) is 9.81. The predicted octanol–water partition coefficient (Wildman–Crippen LogP) is 7.00. The molecule has 15 nitrogen and oxygen atoms in total. The molecule has 0 fully saturated rings. The summed E-state index contributed by atoms with van der Waals surface area (Å²) in [5, 5.41) is 32.6. The first kappa shape index (κ1) is 60.9. The molecule has 0 atom stereocenters. The van der Waals surface area contributed by atoms with Gasteiger partial charge in [0.1, 0.15) is 22.4 Å². The van der Waals surface area contributed by atoms with E-state index in [0.717, 1.165) is 19.1 Å². The molecule has 313 valence electrons. The van der Waals surface area contributed by atoms with Crippen LogP contribution in [0.25, 0.3) is 0 Å². The van der Waals surface area contributed by atoms with Crippen LogP contribution in [-0.4, -0.2) is 87.2 Å². The van der Waals surface area contributed by atoms with E-state index >= 15 is 0 Å². The molecule has 0 unspecified atom stereocenters. The van der Waals surface area contributed by atoms with Crippen LogP contribution < -0.4 is 37.9 Å². The van der Waals surface area contributed by atoms with Crippen LogP contribution in [0, 0.1) is 0 Å². The van der Waals surface area contributed by atoms with E-state index in [1.165, 1.54) is 41.5 Å². The largest absolute Gasteiger partial charge is 0.480 e. The number of ether oxygens (including phenoxy) is 1. The predicted molar refractivity (Wildman–Crippen MR) is 246 cm³/mol. The number of carboxylic acids is 3. The Hall–Kier alpha value is -4.82. The van der Waals surface area contributed by atoms with Gasteiger partial charge in [-0.15, -0.1) is 0 Å². The lowest BCUT2D eigenvalue weighted by Crippen LogP contribution is -2.51. The second-order valence-corrected chi connectivity index (χ2v) is 15.7. The van der Waals surface area contributed by atoms with Crippen LogP contribution in [0.2, 0.25) is 0 Å². The van der Waals surface area contributed by atoms with Crippen LogP contribution in [0.1, 0.15) is 41.5 Å². The minimum Gasteiger partial charge on any atom is -0.480 e. The standard InChI is InChI=1S/C13H10BrNO2.C11H13BrN2O3.C6H6BrN.2C4H9NO2.3B/c14-10-6-8-11(9-7-10)15-13(16)17-12-4-2-1-3-5-12;1-11(2,9(15)16)14-10(17)13-8-5-3-7(12)4-6-8;7-5-1-3-6(8)4-2-5;2*1-4(2,5)3(6)7;;;/h1-9H,(H,15,16);3-6H,1-2H3,(H,15,16)(H2,13,14,17);1-4H,8H2;2*5H2,1-2H3,(H,6,7);;;. The van der Waals surface area contributed by atoms with Crippen molar-refractivity contribution in [3.05, 3.63) is 117 Å². The number of para-hydroxylation sites is 1. The van der Waals surface area contributed by atoms with Crippen molar-refractivity contribution >= 4 is 120 Å². The highest BCUT2D eigenvalue weighted by molar-refractivity contribution is 9.11. The zero-order chi connectivity index (χ0) is 43.3. The fourth-order valence-electron chi connectivity index (χ4n) is 2.77. The van der Waals surface area contributed by atoms with Crippen LogP contribution in [0.15, 0.2) is 117 Å². The molecular formula is C38H47B3Br3N6O9. The quantitative estimate of drug-likeness (QED) is 0.0669. The Morgan fingerprint density at radius 3 is 1.17 bits per heavy atom. The Bertz CT molecular complexity index is 1810. The van der Waals surface area contributed by atoms with Gasteiger partial charge in [-0.25, -0.2) is 14.4 Å². The number of carbonyl (C=O) groups is 5. The van der Waals surface area contributed by atoms with Crippen molar-refractivity contribution in [1.29, 1.82) is 0 Å². The minimum atomic E-state index is -1.31. The van der Waals surface area contributed by atoms with E-state index in [0.29, 0.717) is 17.1 Å². The van der Waals surface area contributed by atoms with Crippen molar-refractivity contribution < 1.29 is 44.0 Å². The summed E-state index contributed by atoms with van der Waals surface area (Å²) >= 11 is 9.88. The van der Waals surface area contributed by atoms with E-state index < -0.39 is 46.6 Å². The van der Waals surface area contributed by atoms with Crippen molar-refractivity contribution in [1.82, 2.24) is 5.32 Å². The van der Waals surface area contributed by atoms with Gasteiger partial charge in [-0.05, 0) is 126 Å². The molecule has 3 amide bonds. The molecule has 0 aliphatic carbocycles. The number of urea groups is 1. The lowest BCUT2D eigenvalue weighted by molar-refractivity contribution is -0.143. The van der Waals surface area contributed by atoms with Crippen molar-refractivity contribution in [2.24, 2.45) is 11.5 Å². The minimum absolute atomic E-state index is 0. The van der Waals surface area contributed by atoms with E-state index in [2.05, 4.69) is 63.7 Å². The summed E-state index contributed by atoms with van der Waals surface area (Å²) in [6.07, 6.45) is -0.501. The fourth-order valence-corrected chi connectivity index (χ4v) is 3.56. The van der Waals surface area contributed by atoms with Crippen LogP contribution in [0.3, 0.4) is 0 Å². The Morgan fingerprint density at radius 2 is 0.864 bits per heavy atom. The molecule has 0 saturated carbocycles. The molecule has 0 heterocycles. The van der Waals surface area contributed by atoms with Gasteiger partial charge < -0.3 is 47.9 Å². The zero-order valence-corrected chi connectivity index (χ0v) is 38.0. The molecule has 0 aliphatic rings. The highest BCUT2D eigenvalue weighted by atomic mass is 79.9. The lowest BCUT2D eigenvalue weighted by atomic mass is 10.1. The summed E-state index contributed by atoms with van der Waals surface area (Å²) in [7, 11) is 0. The summed E-state index contributed by atoms with van der Waals surface area (Å²) < 4.78 is 8.00. The number of hydrogen-bond acceptors (Lipinski definition) is 9. The molecule has 59 heavy (non-hydrogen) atoms. The molecule has 4 aromatic carbocycles. The van der Waals surface area contributed by atoms with Gasteiger partial charge in [0.2, 0.25) is 0 Å². The number of halogens is 3. The summed E-state index contributed by atoms with van der Waals surface area (Å²) in [4.78, 5) is 53.6. The molecule has 21 heteroatoms. The van der Waals surface area contributed by atoms with Gasteiger partial charge in [0, 0.05) is 55.7 Å². The van der Waals surface area contributed by atoms with Crippen molar-refractivity contribution in [3.8, 4) is 5.75 Å². The number of nitrogens with two attached hydrogens (primary N) is 3. The number of carboxylic acid groups (broad SMARTS) is 3. The molecule has 0 spiro atoms. The Balaban J connectivity index is -0.000000336. The van der Waals surface area contributed by atoms with Crippen LogP contribution >= 0.6 is 47.8 Å². The summed E-state index contributed by atoms with van der Waals surface area (Å²) in [5.41, 5.74) is 14.2. The maximum absolute atomic E-state index is 11.5. The van der Waals surface area contributed by atoms with Crippen LogP contribution in [0.4, 0.5) is 26.7 Å². The molecule has 0 saturated heterocycles. The van der Waals surface area contributed by atoms with E-state index in [4.69, 9.17) is 37.3 Å². The molecule has 12 N–H and O–H groups in total. The first-order chi connectivity index (χ1) is 25.7. The Labute approximate surface area is 375 Å². The Morgan fingerprint density at radius 1 is 0.542 bits per heavy atom. The van der Waals surface area contributed by atoms with Gasteiger partial charge in [-0.2, -0.15) is 0 Å². The van der Waals surface area contributed by atoms with Gasteiger partial charge in [0.25, 0.3) is 0 Å². The second-order valence-electron chi connectivity index (χ2n) is 13.0. The number of benzene rings is 4. The number of rotatable bonds is 7. The van der Waals surface area contributed by atoms with E-state index in [-0.39, 0.29) is 25.2 Å². The van der Waals surface area contributed by atoms with Gasteiger partial charge in [0.05, 0.1) is 0 Å².